The molecule has 6 heteroatoms. The number of carbonyl (C=O) groups excluding carboxylic acids is 3. The van der Waals surface area contributed by atoms with Crippen molar-refractivity contribution < 1.29 is 28.6 Å². The van der Waals surface area contributed by atoms with E-state index >= 15 is 0 Å². The lowest BCUT2D eigenvalue weighted by molar-refractivity contribution is -0.167. The van der Waals surface area contributed by atoms with Crippen LogP contribution in [0.2, 0.25) is 0 Å². The summed E-state index contributed by atoms with van der Waals surface area (Å²) in [5, 5.41) is 0. The second-order valence-corrected chi connectivity index (χ2v) is 22.7. The molecule has 0 aliphatic heterocycles. The van der Waals surface area contributed by atoms with Crippen LogP contribution in [0.4, 0.5) is 0 Å². The van der Waals surface area contributed by atoms with Crippen LogP contribution in [0.3, 0.4) is 0 Å². The molecule has 0 saturated carbocycles. The topological polar surface area (TPSA) is 78.9 Å². The second-order valence-electron chi connectivity index (χ2n) is 22.7. The Hall–Kier alpha value is -1.85. The fourth-order valence-corrected chi connectivity index (χ4v) is 10.3. The molecule has 0 aromatic rings. The van der Waals surface area contributed by atoms with Gasteiger partial charge in [-0.1, -0.05) is 328 Å². The SMILES string of the molecule is CCCCCCCCCC/C=C\CCCCCCCCCCCCCCCC(=O)OCC(COC(=O)CCCCCCC)OC(=O)CCCCCCCCCCCCCCCCCCCCCCCCCCC. The average molecular weight is 1030 g/mol. The summed E-state index contributed by atoms with van der Waals surface area (Å²) in [6, 6.07) is 0. The molecular weight excluding hydrogens is 901 g/mol. The lowest BCUT2D eigenvalue weighted by atomic mass is 10.0. The Morgan fingerprint density at radius 3 is 0.685 bits per heavy atom. The number of allylic oxidation sites excluding steroid dienone is 2. The highest BCUT2D eigenvalue weighted by molar-refractivity contribution is 5.71. The zero-order valence-corrected chi connectivity index (χ0v) is 49.7. The van der Waals surface area contributed by atoms with E-state index in [1.807, 2.05) is 0 Å². The smallest absolute Gasteiger partial charge is 0.306 e. The maximum absolute atomic E-state index is 12.8. The van der Waals surface area contributed by atoms with Crippen molar-refractivity contribution in [2.24, 2.45) is 0 Å². The summed E-state index contributed by atoms with van der Waals surface area (Å²) in [6.45, 7) is 6.63. The molecule has 0 aromatic carbocycles. The van der Waals surface area contributed by atoms with E-state index in [0.717, 1.165) is 64.2 Å². The van der Waals surface area contributed by atoms with Gasteiger partial charge in [-0.3, -0.25) is 14.4 Å². The highest BCUT2D eigenvalue weighted by atomic mass is 16.6. The molecule has 0 N–H and O–H groups in total. The van der Waals surface area contributed by atoms with Crippen LogP contribution in [0.15, 0.2) is 12.2 Å². The molecular formula is C67H128O6. The van der Waals surface area contributed by atoms with Gasteiger partial charge in [0.25, 0.3) is 0 Å². The van der Waals surface area contributed by atoms with Crippen LogP contribution >= 0.6 is 0 Å². The van der Waals surface area contributed by atoms with Gasteiger partial charge in [0.05, 0.1) is 0 Å². The fourth-order valence-electron chi connectivity index (χ4n) is 10.3. The first-order valence-corrected chi connectivity index (χ1v) is 33.2. The summed E-state index contributed by atoms with van der Waals surface area (Å²) in [6.07, 6.45) is 74.3. The molecule has 0 heterocycles. The quantitative estimate of drug-likeness (QED) is 0.0261. The summed E-state index contributed by atoms with van der Waals surface area (Å²) in [7, 11) is 0. The summed E-state index contributed by atoms with van der Waals surface area (Å²) in [4.78, 5) is 37.9. The van der Waals surface area contributed by atoms with Gasteiger partial charge in [0, 0.05) is 19.3 Å². The van der Waals surface area contributed by atoms with Gasteiger partial charge in [0.1, 0.15) is 13.2 Å². The zero-order chi connectivity index (χ0) is 52.9. The normalized spacial score (nSPS) is 12.0. The number of hydrogen-bond donors (Lipinski definition) is 0. The van der Waals surface area contributed by atoms with Crippen LogP contribution in [-0.4, -0.2) is 37.2 Å². The highest BCUT2D eigenvalue weighted by Crippen LogP contribution is 2.18. The van der Waals surface area contributed by atoms with E-state index in [0.29, 0.717) is 19.3 Å². The average Bonchev–Trinajstić information content (AvgIpc) is 3.39. The molecule has 0 saturated heterocycles. The first-order valence-electron chi connectivity index (χ1n) is 33.2. The lowest BCUT2D eigenvalue weighted by Crippen LogP contribution is -2.30. The van der Waals surface area contributed by atoms with E-state index < -0.39 is 6.10 Å². The number of unbranched alkanes of at least 4 members (excludes halogenated alkanes) is 49. The Kier molecular flexibility index (Phi) is 61.1. The minimum absolute atomic E-state index is 0.0649. The number of rotatable bonds is 62. The molecule has 0 bridgehead atoms. The number of ether oxygens (including phenoxy) is 3. The van der Waals surface area contributed by atoms with Crippen molar-refractivity contribution in [3.63, 3.8) is 0 Å². The van der Waals surface area contributed by atoms with E-state index in [4.69, 9.17) is 14.2 Å². The van der Waals surface area contributed by atoms with E-state index in [-0.39, 0.29) is 31.1 Å². The third-order valence-corrected chi connectivity index (χ3v) is 15.3. The molecule has 0 amide bonds. The third-order valence-electron chi connectivity index (χ3n) is 15.3. The Bertz CT molecular complexity index is 1130. The van der Waals surface area contributed by atoms with Crippen LogP contribution in [0.1, 0.15) is 380 Å². The maximum Gasteiger partial charge on any atom is 0.306 e. The molecule has 0 spiro atoms. The molecule has 1 atom stereocenters. The van der Waals surface area contributed by atoms with E-state index in [1.165, 1.54) is 276 Å². The number of hydrogen-bond acceptors (Lipinski definition) is 6. The third kappa shape index (κ3) is 60.9. The fraction of sp³-hybridized carbons (Fsp3) is 0.925. The van der Waals surface area contributed by atoms with Gasteiger partial charge in [0.15, 0.2) is 6.10 Å². The van der Waals surface area contributed by atoms with Gasteiger partial charge in [0.2, 0.25) is 0 Å². The highest BCUT2D eigenvalue weighted by Gasteiger charge is 2.19. The molecule has 0 fully saturated rings. The van der Waals surface area contributed by atoms with Crippen LogP contribution in [0.5, 0.6) is 0 Å². The van der Waals surface area contributed by atoms with Crippen molar-refractivity contribution >= 4 is 17.9 Å². The first-order chi connectivity index (χ1) is 36.0. The van der Waals surface area contributed by atoms with Crippen molar-refractivity contribution in [3.05, 3.63) is 12.2 Å². The summed E-state index contributed by atoms with van der Waals surface area (Å²) < 4.78 is 16.8. The van der Waals surface area contributed by atoms with Crippen molar-refractivity contribution in [2.45, 2.75) is 386 Å². The second kappa shape index (κ2) is 62.7. The molecule has 6 nitrogen and oxygen atoms in total. The van der Waals surface area contributed by atoms with Crippen LogP contribution in [0.25, 0.3) is 0 Å². The minimum atomic E-state index is -0.763. The standard InChI is InChI=1S/C67H128O6/c1-4-7-10-13-15-17-19-21-23-25-27-29-31-33-35-37-39-41-43-45-47-49-51-54-57-60-66(69)72-63-64(62-71-65(68)59-56-53-12-9-6-3)73-67(70)61-58-55-52-50-48-46-44-42-40-38-36-34-32-30-28-26-24-22-20-18-16-14-11-8-5-2/h25,27,64H,4-24,26,28-63H2,1-3H3/b27-25-. The van der Waals surface area contributed by atoms with E-state index in [1.54, 1.807) is 0 Å². The van der Waals surface area contributed by atoms with Gasteiger partial charge >= 0.3 is 17.9 Å². The molecule has 0 aliphatic rings. The lowest BCUT2D eigenvalue weighted by Gasteiger charge is -2.18. The Morgan fingerprint density at radius 2 is 0.452 bits per heavy atom. The van der Waals surface area contributed by atoms with E-state index in [2.05, 4.69) is 32.9 Å². The Balaban J connectivity index is 3.95. The van der Waals surface area contributed by atoms with Gasteiger partial charge in [-0.05, 0) is 44.9 Å². The largest absolute Gasteiger partial charge is 0.462 e. The van der Waals surface area contributed by atoms with Crippen LogP contribution in [-0.2, 0) is 28.6 Å². The molecule has 0 rings (SSSR count). The molecule has 0 aliphatic carbocycles. The van der Waals surface area contributed by atoms with Crippen LogP contribution < -0.4 is 0 Å². The first kappa shape index (κ1) is 71.2. The number of esters is 3. The molecule has 0 radical (unpaired) electrons. The van der Waals surface area contributed by atoms with Crippen molar-refractivity contribution in [3.8, 4) is 0 Å². The predicted octanol–water partition coefficient (Wildman–Crippen LogP) is 22.4. The molecule has 1 unspecified atom stereocenters. The maximum atomic E-state index is 12.8. The minimum Gasteiger partial charge on any atom is -0.462 e. The summed E-state index contributed by atoms with van der Waals surface area (Å²) in [5.41, 5.74) is 0. The Labute approximate surface area is 456 Å². The van der Waals surface area contributed by atoms with Gasteiger partial charge in [-0.25, -0.2) is 0 Å². The van der Waals surface area contributed by atoms with Crippen molar-refractivity contribution in [1.82, 2.24) is 0 Å². The van der Waals surface area contributed by atoms with Gasteiger partial charge in [-0.15, -0.1) is 0 Å². The van der Waals surface area contributed by atoms with Crippen molar-refractivity contribution in [2.75, 3.05) is 13.2 Å². The molecule has 0 aromatic heterocycles. The molecule has 73 heavy (non-hydrogen) atoms. The van der Waals surface area contributed by atoms with Crippen molar-refractivity contribution in [1.29, 1.82) is 0 Å². The van der Waals surface area contributed by atoms with E-state index in [9.17, 15) is 14.4 Å². The summed E-state index contributed by atoms with van der Waals surface area (Å²) >= 11 is 0. The van der Waals surface area contributed by atoms with Gasteiger partial charge < -0.3 is 14.2 Å². The van der Waals surface area contributed by atoms with Crippen LogP contribution in [0, 0.1) is 0 Å². The zero-order valence-electron chi connectivity index (χ0n) is 49.7. The monoisotopic (exact) mass is 1030 g/mol. The number of carbonyl (C=O) groups is 3. The molecule has 432 valence electrons. The predicted molar refractivity (Wildman–Crippen MR) is 317 cm³/mol. The summed E-state index contributed by atoms with van der Waals surface area (Å²) in [5.74, 6) is -0.851. The van der Waals surface area contributed by atoms with Gasteiger partial charge in [-0.2, -0.15) is 0 Å². The Morgan fingerprint density at radius 1 is 0.260 bits per heavy atom.